The van der Waals surface area contributed by atoms with Gasteiger partial charge in [0, 0.05) is 15.8 Å². The molecule has 7 heteroatoms. The number of pyridine rings is 1. The van der Waals surface area contributed by atoms with Gasteiger partial charge in [-0.05, 0) is 25.5 Å². The maximum atomic E-state index is 12.7. The number of aromatic nitrogens is 2. The molecule has 0 aliphatic heterocycles. The molecular formula is C17H12Cl2N2O3. The Bertz CT molecular complexity index is 1180. The van der Waals surface area contributed by atoms with E-state index in [9.17, 15) is 4.79 Å². The highest BCUT2D eigenvalue weighted by atomic mass is 35.5. The molecule has 0 saturated heterocycles. The first-order chi connectivity index (χ1) is 11.5. The molecule has 0 fully saturated rings. The fraction of sp³-hybridized carbons (Fsp3) is 0.235. The molecule has 1 aromatic carbocycles. The summed E-state index contributed by atoms with van der Waals surface area (Å²) in [5.41, 5.74) is 1.50. The van der Waals surface area contributed by atoms with Gasteiger partial charge in [-0.15, -0.1) is 0 Å². The van der Waals surface area contributed by atoms with E-state index in [0.29, 0.717) is 55.7 Å². The minimum atomic E-state index is -0.472. The second-order valence-corrected chi connectivity index (χ2v) is 6.50. The van der Waals surface area contributed by atoms with Crippen molar-refractivity contribution in [3.05, 3.63) is 44.0 Å². The van der Waals surface area contributed by atoms with Gasteiger partial charge in [0.15, 0.2) is 5.58 Å². The van der Waals surface area contributed by atoms with Crippen LogP contribution < -0.4 is 5.63 Å². The third-order valence-corrected chi connectivity index (χ3v) is 4.53. The smallest absolute Gasteiger partial charge is 0.346 e. The van der Waals surface area contributed by atoms with Gasteiger partial charge in [-0.25, -0.2) is 9.78 Å². The molecule has 0 aliphatic rings. The van der Waals surface area contributed by atoms with Gasteiger partial charge in [-0.2, -0.15) is 0 Å². The molecule has 0 saturated carbocycles. The largest absolute Gasteiger partial charge is 0.421 e. The second-order valence-electron chi connectivity index (χ2n) is 5.66. The third kappa shape index (κ3) is 2.12. The third-order valence-electron chi connectivity index (χ3n) is 4.03. The van der Waals surface area contributed by atoms with Crippen LogP contribution in [0.4, 0.5) is 0 Å². The first-order valence-electron chi connectivity index (χ1n) is 7.51. The van der Waals surface area contributed by atoms with Crippen molar-refractivity contribution in [3.8, 4) is 0 Å². The molecule has 3 aromatic heterocycles. The van der Waals surface area contributed by atoms with E-state index < -0.39 is 5.63 Å². The number of fused-ring (bicyclic) bond motifs is 5. The van der Waals surface area contributed by atoms with Crippen LogP contribution in [0.2, 0.25) is 10.0 Å². The summed E-state index contributed by atoms with van der Waals surface area (Å²) in [6.45, 7) is 3.82. The molecule has 0 spiro atoms. The zero-order chi connectivity index (χ0) is 17.0. The second kappa shape index (κ2) is 5.46. The van der Waals surface area contributed by atoms with Crippen LogP contribution in [0, 0.1) is 6.92 Å². The molecule has 0 N–H and O–H groups in total. The number of rotatable bonds is 2. The summed E-state index contributed by atoms with van der Waals surface area (Å²) in [5.74, 6) is 0. The zero-order valence-electron chi connectivity index (χ0n) is 12.9. The molecule has 24 heavy (non-hydrogen) atoms. The predicted molar refractivity (Wildman–Crippen MR) is 94.1 cm³/mol. The Balaban J connectivity index is 2.40. The summed E-state index contributed by atoms with van der Waals surface area (Å²) in [7, 11) is 0. The SMILES string of the molecule is CCCc1nc2onc(C)c2c2c1c(=O)oc1c(Cl)cc(Cl)cc12. The van der Waals surface area contributed by atoms with Gasteiger partial charge < -0.3 is 8.94 Å². The highest BCUT2D eigenvalue weighted by molar-refractivity contribution is 6.39. The van der Waals surface area contributed by atoms with Crippen LogP contribution >= 0.6 is 23.2 Å². The van der Waals surface area contributed by atoms with E-state index >= 15 is 0 Å². The molecule has 0 radical (unpaired) electrons. The molecule has 0 amide bonds. The Hall–Kier alpha value is -2.11. The van der Waals surface area contributed by atoms with E-state index in [4.69, 9.17) is 32.1 Å². The summed E-state index contributed by atoms with van der Waals surface area (Å²) in [6, 6.07) is 3.28. The van der Waals surface area contributed by atoms with Crippen LogP contribution in [0.5, 0.6) is 0 Å². The lowest BCUT2D eigenvalue weighted by Crippen LogP contribution is -2.06. The fourth-order valence-electron chi connectivity index (χ4n) is 3.07. The first kappa shape index (κ1) is 15.4. The molecule has 0 atom stereocenters. The summed E-state index contributed by atoms with van der Waals surface area (Å²) in [6.07, 6.45) is 1.45. The molecule has 5 nitrogen and oxygen atoms in total. The topological polar surface area (TPSA) is 69.1 Å². The van der Waals surface area contributed by atoms with E-state index in [2.05, 4.69) is 10.1 Å². The quantitative estimate of drug-likeness (QED) is 0.368. The molecule has 4 aromatic rings. The van der Waals surface area contributed by atoms with Gasteiger partial charge in [0.1, 0.15) is 0 Å². The minimum Gasteiger partial charge on any atom is -0.421 e. The van der Waals surface area contributed by atoms with Gasteiger partial charge in [0.25, 0.3) is 5.71 Å². The fourth-order valence-corrected chi connectivity index (χ4v) is 3.60. The van der Waals surface area contributed by atoms with Crippen molar-refractivity contribution in [3.63, 3.8) is 0 Å². The van der Waals surface area contributed by atoms with Crippen LogP contribution in [-0.2, 0) is 6.42 Å². The molecule has 3 heterocycles. The van der Waals surface area contributed by atoms with Crippen molar-refractivity contribution < 1.29 is 8.94 Å². The monoisotopic (exact) mass is 362 g/mol. The van der Waals surface area contributed by atoms with Crippen LogP contribution in [0.1, 0.15) is 24.7 Å². The van der Waals surface area contributed by atoms with Gasteiger partial charge in [-0.1, -0.05) is 41.7 Å². The Labute approximate surface area is 146 Å². The molecule has 0 unspecified atom stereocenters. The summed E-state index contributed by atoms with van der Waals surface area (Å²) >= 11 is 12.4. The van der Waals surface area contributed by atoms with E-state index in [-0.39, 0.29) is 5.02 Å². The zero-order valence-corrected chi connectivity index (χ0v) is 14.5. The van der Waals surface area contributed by atoms with Crippen LogP contribution in [-0.4, -0.2) is 10.1 Å². The number of nitrogens with zero attached hydrogens (tertiary/aromatic N) is 2. The molecule has 122 valence electrons. The van der Waals surface area contributed by atoms with Gasteiger partial charge in [0.05, 0.1) is 27.2 Å². The Morgan fingerprint density at radius 1 is 1.17 bits per heavy atom. The first-order valence-corrected chi connectivity index (χ1v) is 8.27. The Morgan fingerprint density at radius 3 is 2.71 bits per heavy atom. The summed E-state index contributed by atoms with van der Waals surface area (Å²) in [5, 5.41) is 7.18. The van der Waals surface area contributed by atoms with Crippen LogP contribution in [0.25, 0.3) is 32.8 Å². The van der Waals surface area contributed by atoms with E-state index in [0.717, 1.165) is 6.42 Å². The highest BCUT2D eigenvalue weighted by Crippen LogP contribution is 2.37. The number of hydrogen-bond acceptors (Lipinski definition) is 5. The molecule has 4 rings (SSSR count). The van der Waals surface area contributed by atoms with Gasteiger partial charge in [-0.3, -0.25) is 0 Å². The van der Waals surface area contributed by atoms with Crippen LogP contribution in [0.3, 0.4) is 0 Å². The maximum absolute atomic E-state index is 12.7. The predicted octanol–water partition coefficient (Wildman–Crippen LogP) is 5.05. The number of hydrogen-bond donors (Lipinski definition) is 0. The maximum Gasteiger partial charge on any atom is 0.346 e. The average Bonchev–Trinajstić information content (AvgIpc) is 2.89. The van der Waals surface area contributed by atoms with Crippen molar-refractivity contribution in [1.82, 2.24) is 10.1 Å². The Morgan fingerprint density at radius 2 is 1.96 bits per heavy atom. The number of benzene rings is 1. The van der Waals surface area contributed by atoms with E-state index in [1.165, 1.54) is 0 Å². The van der Waals surface area contributed by atoms with Crippen molar-refractivity contribution in [2.24, 2.45) is 0 Å². The van der Waals surface area contributed by atoms with Crippen molar-refractivity contribution in [1.29, 1.82) is 0 Å². The summed E-state index contributed by atoms with van der Waals surface area (Å²) in [4.78, 5) is 17.1. The van der Waals surface area contributed by atoms with E-state index in [1.54, 1.807) is 19.1 Å². The normalized spacial score (nSPS) is 11.8. The minimum absolute atomic E-state index is 0.285. The lowest BCUT2D eigenvalue weighted by atomic mass is 10.0. The van der Waals surface area contributed by atoms with E-state index in [1.807, 2.05) is 6.92 Å². The molecule has 0 aliphatic carbocycles. The Kier molecular flexibility index (Phi) is 3.51. The molecule has 0 bridgehead atoms. The van der Waals surface area contributed by atoms with Gasteiger partial charge in [0.2, 0.25) is 0 Å². The van der Waals surface area contributed by atoms with Crippen molar-refractivity contribution in [2.75, 3.05) is 0 Å². The van der Waals surface area contributed by atoms with Crippen molar-refractivity contribution >= 4 is 56.0 Å². The molecular weight excluding hydrogens is 351 g/mol. The lowest BCUT2D eigenvalue weighted by molar-refractivity contribution is 0.442. The lowest BCUT2D eigenvalue weighted by Gasteiger charge is -2.09. The number of aryl methyl sites for hydroxylation is 2. The highest BCUT2D eigenvalue weighted by Gasteiger charge is 2.21. The van der Waals surface area contributed by atoms with Crippen molar-refractivity contribution in [2.45, 2.75) is 26.7 Å². The van der Waals surface area contributed by atoms with Crippen LogP contribution in [0.15, 0.2) is 25.9 Å². The summed E-state index contributed by atoms with van der Waals surface area (Å²) < 4.78 is 10.8. The van der Waals surface area contributed by atoms with Gasteiger partial charge >= 0.3 is 5.63 Å². The standard InChI is InChI=1S/C17H12Cl2N2O3/c1-3-4-11-14-13(12-7(2)21-24-16(12)20-11)9-5-8(18)6-10(19)15(9)23-17(14)22/h5-6H,3-4H2,1-2H3. The average molecular weight is 363 g/mol. The number of halogens is 2.